The SMILES string of the molecule is c1ccc(-c2nc(-c3ccccc3-c3ccccc3)cc(-c3ccccc3-n3c4ccccc4c4cc5c(cc43)c3ccccc3n5-c3ccc4ccccc4c3)n2)cc1. The van der Waals surface area contributed by atoms with Crippen LogP contribution in [0.4, 0.5) is 0 Å². The molecule has 0 fully saturated rings. The number of hydrogen-bond acceptors (Lipinski definition) is 2. The molecule has 9 aromatic carbocycles. The van der Waals surface area contributed by atoms with E-state index in [0.717, 1.165) is 61.6 Å². The summed E-state index contributed by atoms with van der Waals surface area (Å²) in [6.45, 7) is 0. The summed E-state index contributed by atoms with van der Waals surface area (Å²) in [7, 11) is 0. The molecule has 0 aliphatic rings. The van der Waals surface area contributed by atoms with Crippen LogP contribution in [0.1, 0.15) is 0 Å². The van der Waals surface area contributed by atoms with Crippen LogP contribution < -0.4 is 0 Å². The van der Waals surface area contributed by atoms with Crippen LogP contribution in [0.25, 0.3) is 111 Å². The third kappa shape index (κ3) is 5.46. The molecule has 0 N–H and O–H groups in total. The number of nitrogens with zero attached hydrogens (tertiary/aromatic N) is 4. The number of benzene rings is 9. The van der Waals surface area contributed by atoms with Crippen molar-refractivity contribution in [2.45, 2.75) is 0 Å². The molecule has 3 heterocycles. The zero-order valence-electron chi connectivity index (χ0n) is 32.6. The highest BCUT2D eigenvalue weighted by atomic mass is 15.0. The Hall–Kier alpha value is -8.08. The average molecular weight is 765 g/mol. The van der Waals surface area contributed by atoms with Gasteiger partial charge in [0.05, 0.1) is 39.1 Å². The van der Waals surface area contributed by atoms with Crippen LogP contribution in [0.3, 0.4) is 0 Å². The van der Waals surface area contributed by atoms with E-state index < -0.39 is 0 Å². The van der Waals surface area contributed by atoms with Crippen LogP contribution in [0.2, 0.25) is 0 Å². The molecule has 3 aromatic heterocycles. The van der Waals surface area contributed by atoms with Crippen molar-refractivity contribution in [3.05, 3.63) is 218 Å². The molecule has 0 amide bonds. The molecule has 0 saturated carbocycles. The second-order valence-corrected chi connectivity index (χ2v) is 15.4. The van der Waals surface area contributed by atoms with Gasteiger partial charge in [-0.2, -0.15) is 0 Å². The molecule has 0 atom stereocenters. The zero-order chi connectivity index (χ0) is 39.6. The van der Waals surface area contributed by atoms with Gasteiger partial charge in [0, 0.05) is 43.9 Å². The Labute approximate surface area is 346 Å². The van der Waals surface area contributed by atoms with Crippen molar-refractivity contribution in [2.24, 2.45) is 0 Å². The van der Waals surface area contributed by atoms with Gasteiger partial charge in [-0.3, -0.25) is 0 Å². The summed E-state index contributed by atoms with van der Waals surface area (Å²) in [5, 5.41) is 7.28. The Morgan fingerprint density at radius 2 is 0.817 bits per heavy atom. The van der Waals surface area contributed by atoms with Crippen LogP contribution in [-0.4, -0.2) is 19.1 Å². The molecule has 0 bridgehead atoms. The lowest BCUT2D eigenvalue weighted by Gasteiger charge is -2.16. The summed E-state index contributed by atoms with van der Waals surface area (Å²) in [5.74, 6) is 0.686. The van der Waals surface area contributed by atoms with Gasteiger partial charge in [-0.05, 0) is 70.4 Å². The van der Waals surface area contributed by atoms with Crippen LogP contribution in [-0.2, 0) is 0 Å². The van der Waals surface area contributed by atoms with Crippen LogP contribution in [0.15, 0.2) is 218 Å². The molecule has 0 spiro atoms. The van der Waals surface area contributed by atoms with Gasteiger partial charge in [0.15, 0.2) is 5.82 Å². The predicted molar refractivity (Wildman–Crippen MR) is 250 cm³/mol. The van der Waals surface area contributed by atoms with Crippen molar-refractivity contribution in [1.29, 1.82) is 0 Å². The summed E-state index contributed by atoms with van der Waals surface area (Å²) in [5.41, 5.74) is 13.9. The number of fused-ring (bicyclic) bond motifs is 7. The molecule has 280 valence electrons. The first-order valence-electron chi connectivity index (χ1n) is 20.4. The van der Waals surface area contributed by atoms with E-state index in [0.29, 0.717) is 5.82 Å². The maximum Gasteiger partial charge on any atom is 0.160 e. The van der Waals surface area contributed by atoms with Crippen molar-refractivity contribution in [3.63, 3.8) is 0 Å². The smallest absolute Gasteiger partial charge is 0.160 e. The minimum Gasteiger partial charge on any atom is -0.309 e. The monoisotopic (exact) mass is 764 g/mol. The maximum atomic E-state index is 5.35. The van der Waals surface area contributed by atoms with Gasteiger partial charge in [-0.1, -0.05) is 170 Å². The van der Waals surface area contributed by atoms with Crippen molar-refractivity contribution in [1.82, 2.24) is 19.1 Å². The van der Waals surface area contributed by atoms with E-state index >= 15 is 0 Å². The first-order valence-corrected chi connectivity index (χ1v) is 20.4. The minimum absolute atomic E-state index is 0.686. The Morgan fingerprint density at radius 1 is 0.300 bits per heavy atom. The number of hydrogen-bond donors (Lipinski definition) is 0. The fraction of sp³-hybridized carbons (Fsp3) is 0. The van der Waals surface area contributed by atoms with E-state index in [4.69, 9.17) is 9.97 Å². The first-order chi connectivity index (χ1) is 29.8. The molecule has 0 radical (unpaired) electrons. The molecular formula is C56H36N4. The van der Waals surface area contributed by atoms with Crippen molar-refractivity contribution in [3.8, 4) is 56.4 Å². The van der Waals surface area contributed by atoms with Gasteiger partial charge in [0.1, 0.15) is 0 Å². The topological polar surface area (TPSA) is 35.6 Å². The second-order valence-electron chi connectivity index (χ2n) is 15.4. The second kappa shape index (κ2) is 13.8. The van der Waals surface area contributed by atoms with E-state index in [1.54, 1.807) is 0 Å². The highest BCUT2D eigenvalue weighted by molar-refractivity contribution is 6.19. The number of aromatic nitrogens is 4. The number of rotatable bonds is 6. The van der Waals surface area contributed by atoms with Crippen molar-refractivity contribution < 1.29 is 0 Å². The van der Waals surface area contributed by atoms with E-state index in [2.05, 4.69) is 209 Å². The third-order valence-electron chi connectivity index (χ3n) is 11.9. The lowest BCUT2D eigenvalue weighted by atomic mass is 9.96. The Balaban J connectivity index is 1.12. The van der Waals surface area contributed by atoms with Gasteiger partial charge in [-0.25, -0.2) is 9.97 Å². The average Bonchev–Trinajstić information content (AvgIpc) is 3.83. The summed E-state index contributed by atoms with van der Waals surface area (Å²) < 4.78 is 4.86. The van der Waals surface area contributed by atoms with Gasteiger partial charge < -0.3 is 9.13 Å². The molecule has 60 heavy (non-hydrogen) atoms. The molecule has 0 aliphatic carbocycles. The zero-order valence-corrected chi connectivity index (χ0v) is 32.6. The highest BCUT2D eigenvalue weighted by Crippen LogP contribution is 2.42. The fourth-order valence-electron chi connectivity index (χ4n) is 9.18. The number of para-hydroxylation sites is 3. The summed E-state index contributed by atoms with van der Waals surface area (Å²) in [6, 6.07) is 78.0. The van der Waals surface area contributed by atoms with Crippen LogP contribution >= 0.6 is 0 Å². The molecule has 0 unspecified atom stereocenters. The lowest BCUT2D eigenvalue weighted by molar-refractivity contribution is 1.15. The highest BCUT2D eigenvalue weighted by Gasteiger charge is 2.22. The lowest BCUT2D eigenvalue weighted by Crippen LogP contribution is -2.01. The molecule has 0 aliphatic heterocycles. The molecule has 12 rings (SSSR count). The minimum atomic E-state index is 0.686. The Bertz CT molecular complexity index is 3600. The Kier molecular flexibility index (Phi) is 7.82. The largest absolute Gasteiger partial charge is 0.309 e. The van der Waals surface area contributed by atoms with E-state index in [9.17, 15) is 0 Å². The Morgan fingerprint density at radius 3 is 1.53 bits per heavy atom. The fourth-order valence-corrected chi connectivity index (χ4v) is 9.18. The van der Waals surface area contributed by atoms with E-state index in [-0.39, 0.29) is 0 Å². The first kappa shape index (κ1) is 34.0. The predicted octanol–water partition coefficient (Wildman–Crippen LogP) is 14.5. The van der Waals surface area contributed by atoms with Gasteiger partial charge >= 0.3 is 0 Å². The summed E-state index contributed by atoms with van der Waals surface area (Å²) in [4.78, 5) is 10.6. The van der Waals surface area contributed by atoms with Gasteiger partial charge in [0.25, 0.3) is 0 Å². The van der Waals surface area contributed by atoms with Gasteiger partial charge in [0.2, 0.25) is 0 Å². The molecular weight excluding hydrogens is 729 g/mol. The maximum absolute atomic E-state index is 5.35. The van der Waals surface area contributed by atoms with Crippen molar-refractivity contribution in [2.75, 3.05) is 0 Å². The summed E-state index contributed by atoms with van der Waals surface area (Å²) >= 11 is 0. The standard InChI is InChI=1S/C56H36N4/c1-3-18-38(19-4-1)42-23-9-10-24-43(42)49-36-50(58-56(57-49)39-20-5-2-6-21-39)46-27-13-16-30-53(46)60-52-29-15-12-26-45(52)48-34-54-47(35-55(48)60)44-25-11-14-28-51(44)59(54)41-32-31-37-17-7-8-22-40(37)33-41/h1-36H. The van der Waals surface area contributed by atoms with Crippen LogP contribution in [0.5, 0.6) is 0 Å². The summed E-state index contributed by atoms with van der Waals surface area (Å²) in [6.07, 6.45) is 0. The van der Waals surface area contributed by atoms with Gasteiger partial charge in [-0.15, -0.1) is 0 Å². The normalized spacial score (nSPS) is 11.7. The molecule has 0 saturated heterocycles. The third-order valence-corrected chi connectivity index (χ3v) is 11.9. The molecule has 4 heteroatoms. The molecule has 12 aromatic rings. The van der Waals surface area contributed by atoms with E-state index in [1.807, 2.05) is 18.2 Å². The van der Waals surface area contributed by atoms with Crippen LogP contribution in [0, 0.1) is 0 Å². The van der Waals surface area contributed by atoms with Crippen molar-refractivity contribution >= 4 is 54.4 Å². The van der Waals surface area contributed by atoms with E-state index in [1.165, 1.54) is 43.4 Å². The molecule has 4 nitrogen and oxygen atoms in total. The quantitative estimate of drug-likeness (QED) is 0.169.